The Kier molecular flexibility index (Phi) is 6.51. The number of carbonyl (C=O) groups is 1. The molecule has 0 heterocycles. The lowest BCUT2D eigenvalue weighted by molar-refractivity contribution is -0.0504. The second-order valence-corrected chi connectivity index (χ2v) is 7.27. The molecule has 0 saturated heterocycles. The van der Waals surface area contributed by atoms with Crippen LogP contribution in [0.4, 0.5) is 14.5 Å². The number of nitrogens with one attached hydrogen (secondary N) is 2. The number of alkyl halides is 2. The van der Waals surface area contributed by atoms with Crippen molar-refractivity contribution in [2.45, 2.75) is 20.1 Å². The minimum Gasteiger partial charge on any atom is -0.434 e. The van der Waals surface area contributed by atoms with E-state index in [2.05, 4.69) is 14.8 Å². The molecule has 2 aromatic carbocycles. The van der Waals surface area contributed by atoms with Crippen LogP contribution in [0, 0.1) is 0 Å². The van der Waals surface area contributed by atoms with E-state index in [0.29, 0.717) is 5.56 Å². The SMILES string of the molecule is CCS(=O)(=O)Nc1cccc(C(=O)NCc2ccccc2OC(F)F)c1. The summed E-state index contributed by atoms with van der Waals surface area (Å²) in [6, 6.07) is 12.1. The minimum atomic E-state index is -3.46. The van der Waals surface area contributed by atoms with Crippen LogP contribution in [0.25, 0.3) is 0 Å². The Bertz CT molecular complexity index is 873. The molecule has 2 N–H and O–H groups in total. The molecule has 2 rings (SSSR count). The Morgan fingerprint density at radius 3 is 2.58 bits per heavy atom. The van der Waals surface area contributed by atoms with Crippen LogP contribution in [0.2, 0.25) is 0 Å². The van der Waals surface area contributed by atoms with Crippen LogP contribution in [0.15, 0.2) is 48.5 Å². The van der Waals surface area contributed by atoms with E-state index in [4.69, 9.17) is 0 Å². The lowest BCUT2D eigenvalue weighted by atomic mass is 10.1. The van der Waals surface area contributed by atoms with Gasteiger partial charge in [-0.3, -0.25) is 9.52 Å². The van der Waals surface area contributed by atoms with E-state index in [9.17, 15) is 22.0 Å². The highest BCUT2D eigenvalue weighted by Gasteiger charge is 2.12. The molecule has 140 valence electrons. The summed E-state index contributed by atoms with van der Waals surface area (Å²) in [5.74, 6) is -0.591. The molecule has 1 amide bonds. The van der Waals surface area contributed by atoms with Gasteiger partial charge in [0.25, 0.3) is 5.91 Å². The molecule has 26 heavy (non-hydrogen) atoms. The van der Waals surface area contributed by atoms with Gasteiger partial charge in [0.2, 0.25) is 10.0 Å². The third-order valence-electron chi connectivity index (χ3n) is 3.41. The first-order chi connectivity index (χ1) is 12.3. The van der Waals surface area contributed by atoms with E-state index in [1.807, 2.05) is 0 Å². The first-order valence-corrected chi connectivity index (χ1v) is 9.37. The summed E-state index contributed by atoms with van der Waals surface area (Å²) in [6.45, 7) is -1.49. The predicted molar refractivity (Wildman–Crippen MR) is 93.8 cm³/mol. The summed E-state index contributed by atoms with van der Waals surface area (Å²) >= 11 is 0. The molecule has 0 aliphatic rings. The summed E-state index contributed by atoms with van der Waals surface area (Å²) in [4.78, 5) is 12.3. The zero-order valence-corrected chi connectivity index (χ0v) is 14.7. The number of sulfonamides is 1. The number of rotatable bonds is 8. The highest BCUT2D eigenvalue weighted by Crippen LogP contribution is 2.20. The van der Waals surface area contributed by atoms with Crippen molar-refractivity contribution in [3.05, 3.63) is 59.7 Å². The van der Waals surface area contributed by atoms with E-state index in [1.165, 1.54) is 37.3 Å². The number of anilines is 1. The van der Waals surface area contributed by atoms with E-state index in [0.717, 1.165) is 0 Å². The predicted octanol–water partition coefficient (Wildman–Crippen LogP) is 2.98. The van der Waals surface area contributed by atoms with Crippen molar-refractivity contribution in [2.24, 2.45) is 0 Å². The number of carbonyl (C=O) groups excluding carboxylic acids is 1. The molecule has 0 atom stereocenters. The van der Waals surface area contributed by atoms with Crippen LogP contribution >= 0.6 is 0 Å². The number of hydrogen-bond donors (Lipinski definition) is 2. The fraction of sp³-hybridized carbons (Fsp3) is 0.235. The molecule has 2 aromatic rings. The van der Waals surface area contributed by atoms with Gasteiger partial charge in [-0.25, -0.2) is 8.42 Å². The number of amides is 1. The highest BCUT2D eigenvalue weighted by atomic mass is 32.2. The molecular weight excluding hydrogens is 366 g/mol. The van der Waals surface area contributed by atoms with Gasteiger partial charge in [0.05, 0.1) is 5.75 Å². The monoisotopic (exact) mass is 384 g/mol. The zero-order chi connectivity index (χ0) is 19.2. The molecule has 0 aliphatic carbocycles. The third-order valence-corrected chi connectivity index (χ3v) is 4.71. The zero-order valence-electron chi connectivity index (χ0n) is 13.9. The van der Waals surface area contributed by atoms with Crippen LogP contribution < -0.4 is 14.8 Å². The molecule has 0 saturated carbocycles. The van der Waals surface area contributed by atoms with Crippen molar-refractivity contribution in [1.82, 2.24) is 5.32 Å². The Morgan fingerprint density at radius 1 is 1.15 bits per heavy atom. The Balaban J connectivity index is 2.07. The number of halogens is 2. The van der Waals surface area contributed by atoms with Gasteiger partial charge in [-0.15, -0.1) is 0 Å². The molecule has 0 fully saturated rings. The van der Waals surface area contributed by atoms with Crippen LogP contribution in [0.3, 0.4) is 0 Å². The lowest BCUT2D eigenvalue weighted by Crippen LogP contribution is -2.23. The second-order valence-electron chi connectivity index (χ2n) is 5.26. The summed E-state index contributed by atoms with van der Waals surface area (Å²) in [7, 11) is -3.46. The lowest BCUT2D eigenvalue weighted by Gasteiger charge is -2.12. The standard InChI is InChI=1S/C17H18F2N2O4S/c1-2-26(23,24)21-14-8-5-7-12(10-14)16(22)20-11-13-6-3-4-9-15(13)25-17(18)19/h3-10,17,21H,2,11H2,1H3,(H,20,22). The van der Waals surface area contributed by atoms with Crippen molar-refractivity contribution in [3.8, 4) is 5.75 Å². The summed E-state index contributed by atoms with van der Waals surface area (Å²) in [5.41, 5.74) is 0.887. The topological polar surface area (TPSA) is 84.5 Å². The Morgan fingerprint density at radius 2 is 1.88 bits per heavy atom. The number of para-hydroxylation sites is 1. The largest absolute Gasteiger partial charge is 0.434 e. The minimum absolute atomic E-state index is 0.0211. The maximum absolute atomic E-state index is 12.4. The normalized spacial score (nSPS) is 11.2. The van der Waals surface area contributed by atoms with E-state index < -0.39 is 22.5 Å². The van der Waals surface area contributed by atoms with Crippen molar-refractivity contribution in [2.75, 3.05) is 10.5 Å². The molecule has 0 spiro atoms. The molecule has 0 bridgehead atoms. The van der Waals surface area contributed by atoms with Crippen LogP contribution in [0.1, 0.15) is 22.8 Å². The quantitative estimate of drug-likeness (QED) is 0.733. The molecule has 0 unspecified atom stereocenters. The molecule has 6 nitrogen and oxygen atoms in total. The summed E-state index contributed by atoms with van der Waals surface area (Å²) in [6.07, 6.45) is 0. The molecule has 0 aliphatic heterocycles. The summed E-state index contributed by atoms with van der Waals surface area (Å²) in [5, 5.41) is 2.59. The van der Waals surface area contributed by atoms with Crippen molar-refractivity contribution >= 4 is 21.6 Å². The van der Waals surface area contributed by atoms with Crippen LogP contribution in [-0.4, -0.2) is 26.7 Å². The molecule has 0 radical (unpaired) electrons. The highest BCUT2D eigenvalue weighted by molar-refractivity contribution is 7.92. The Labute approximate surface area is 150 Å². The fourth-order valence-corrected chi connectivity index (χ4v) is 2.74. The van der Waals surface area contributed by atoms with Crippen molar-refractivity contribution in [3.63, 3.8) is 0 Å². The van der Waals surface area contributed by atoms with Gasteiger partial charge in [0, 0.05) is 23.4 Å². The third kappa shape index (κ3) is 5.69. The first kappa shape index (κ1) is 19.6. The smallest absolute Gasteiger partial charge is 0.387 e. The van der Waals surface area contributed by atoms with E-state index in [-0.39, 0.29) is 29.3 Å². The number of ether oxygens (including phenoxy) is 1. The second kappa shape index (κ2) is 8.61. The van der Waals surface area contributed by atoms with Gasteiger partial charge < -0.3 is 10.1 Å². The van der Waals surface area contributed by atoms with Gasteiger partial charge >= 0.3 is 6.61 Å². The van der Waals surface area contributed by atoms with Crippen LogP contribution in [-0.2, 0) is 16.6 Å². The van der Waals surface area contributed by atoms with Crippen LogP contribution in [0.5, 0.6) is 5.75 Å². The summed E-state index contributed by atoms with van der Waals surface area (Å²) < 4.78 is 54.8. The number of benzene rings is 2. The average Bonchev–Trinajstić information content (AvgIpc) is 2.60. The van der Waals surface area contributed by atoms with Gasteiger partial charge in [-0.05, 0) is 31.2 Å². The first-order valence-electron chi connectivity index (χ1n) is 7.72. The van der Waals surface area contributed by atoms with Gasteiger partial charge in [0.1, 0.15) is 5.75 Å². The maximum Gasteiger partial charge on any atom is 0.387 e. The van der Waals surface area contributed by atoms with Gasteiger partial charge in [-0.1, -0.05) is 24.3 Å². The average molecular weight is 384 g/mol. The fourth-order valence-electron chi connectivity index (χ4n) is 2.11. The van der Waals surface area contributed by atoms with E-state index >= 15 is 0 Å². The van der Waals surface area contributed by atoms with E-state index in [1.54, 1.807) is 18.2 Å². The Hall–Kier alpha value is -2.68. The van der Waals surface area contributed by atoms with Crippen molar-refractivity contribution in [1.29, 1.82) is 0 Å². The maximum atomic E-state index is 12.4. The van der Waals surface area contributed by atoms with Crippen molar-refractivity contribution < 1.29 is 26.7 Å². The molecular formula is C17H18F2N2O4S. The van der Waals surface area contributed by atoms with Gasteiger partial charge in [0.15, 0.2) is 0 Å². The molecule has 0 aromatic heterocycles. The number of hydrogen-bond acceptors (Lipinski definition) is 4. The van der Waals surface area contributed by atoms with Gasteiger partial charge in [-0.2, -0.15) is 8.78 Å². The molecule has 9 heteroatoms.